The number of hydrogen-bond acceptors (Lipinski definition) is 10. The Kier molecular flexibility index (Phi) is 27.3. The minimum absolute atomic E-state index is 0.00782. The first-order valence-corrected chi connectivity index (χ1v) is 24.1. The Bertz CT molecular complexity index is 1450. The topological polar surface area (TPSA) is 138 Å². The second-order valence-corrected chi connectivity index (χ2v) is 17.8. The highest BCUT2D eigenvalue weighted by atomic mass is 31.2. The number of esters is 2. The van der Waals surface area contributed by atoms with Gasteiger partial charge in [-0.1, -0.05) is 90.9 Å². The van der Waals surface area contributed by atoms with Crippen LogP contribution in [0.2, 0.25) is 0 Å². The number of carbonyl (C=O) groups excluding carboxylic acids is 2. The predicted octanol–water partition coefficient (Wildman–Crippen LogP) is 11.7. The third-order valence-electron chi connectivity index (χ3n) is 10.8. The molecule has 2 heterocycles. The van der Waals surface area contributed by atoms with Crippen LogP contribution in [0.4, 0.5) is 0 Å². The lowest BCUT2D eigenvalue weighted by atomic mass is 10.0. The van der Waals surface area contributed by atoms with Crippen molar-refractivity contribution in [2.24, 2.45) is 0 Å². The van der Waals surface area contributed by atoms with Crippen molar-refractivity contribution < 1.29 is 46.4 Å². The Balaban J connectivity index is 1.67. The van der Waals surface area contributed by atoms with E-state index in [0.29, 0.717) is 19.4 Å². The predicted molar refractivity (Wildman–Crippen MR) is 231 cm³/mol. The highest BCUT2D eigenvalue weighted by molar-refractivity contribution is 7.47. The SMILES string of the molecule is CCCCCc1cc(C)c(CCCCCCCCC(=O)OC[C@H](COP(=O)(O)OCCN(C)C)OC(=O)CCCCCCCCc2oc(CCCCC)c(C)c2C)o1. The molecular weight excluding hydrogens is 757 g/mol. The molecule has 1 unspecified atom stereocenters. The van der Waals surface area contributed by atoms with Crippen molar-refractivity contribution in [3.8, 4) is 0 Å². The summed E-state index contributed by atoms with van der Waals surface area (Å²) in [5.41, 5.74) is 3.85. The van der Waals surface area contributed by atoms with Crippen molar-refractivity contribution in [3.63, 3.8) is 0 Å². The van der Waals surface area contributed by atoms with Crippen LogP contribution < -0.4 is 0 Å². The smallest absolute Gasteiger partial charge is 0.466 e. The third-order valence-corrected chi connectivity index (χ3v) is 11.7. The van der Waals surface area contributed by atoms with Crippen LogP contribution in [-0.4, -0.2) is 68.3 Å². The standard InChI is InChI=1S/C46H80NO10P/c1-8-10-20-26-40-34-37(3)42(55-40)27-22-16-12-14-18-24-30-45(48)52-35-41(36-54-58(50,51)53-33-32-47(6)7)56-46(49)31-25-19-15-13-17-23-29-44-39(5)38(4)43(57-44)28-21-11-9-2/h34,41H,8-33,35-36H2,1-7H3,(H,50,51)/t41-/m1/s1. The average molecular weight is 838 g/mol. The number of rotatable bonds is 36. The van der Waals surface area contributed by atoms with Crippen LogP contribution in [0, 0.1) is 20.8 Å². The van der Waals surface area contributed by atoms with Gasteiger partial charge in [0.05, 0.1) is 13.2 Å². The summed E-state index contributed by atoms with van der Waals surface area (Å²) in [7, 11) is -0.754. The summed E-state index contributed by atoms with van der Waals surface area (Å²) in [6, 6.07) is 2.19. The number of aryl methyl sites for hydroxylation is 5. The molecule has 0 amide bonds. The van der Waals surface area contributed by atoms with Crippen LogP contribution in [0.3, 0.4) is 0 Å². The molecule has 1 N–H and O–H groups in total. The molecule has 0 spiro atoms. The van der Waals surface area contributed by atoms with Crippen molar-refractivity contribution in [1.29, 1.82) is 0 Å². The van der Waals surface area contributed by atoms with E-state index in [1.807, 2.05) is 19.0 Å². The van der Waals surface area contributed by atoms with E-state index in [2.05, 4.69) is 40.7 Å². The number of hydrogen-bond donors (Lipinski definition) is 1. The number of carbonyl (C=O) groups is 2. The molecule has 11 nitrogen and oxygen atoms in total. The zero-order valence-electron chi connectivity index (χ0n) is 37.5. The van der Waals surface area contributed by atoms with Gasteiger partial charge < -0.3 is 28.1 Å². The van der Waals surface area contributed by atoms with E-state index < -0.39 is 32.5 Å². The summed E-state index contributed by atoms with van der Waals surface area (Å²) in [6.45, 7) is 10.6. The number of phosphoric acid groups is 1. The summed E-state index contributed by atoms with van der Waals surface area (Å²) in [5, 5.41) is 0. The minimum Gasteiger partial charge on any atom is -0.466 e. The summed E-state index contributed by atoms with van der Waals surface area (Å²) in [5.74, 6) is 3.63. The zero-order valence-corrected chi connectivity index (χ0v) is 38.4. The maximum Gasteiger partial charge on any atom is 0.472 e. The summed E-state index contributed by atoms with van der Waals surface area (Å²) < 4.78 is 45.9. The molecule has 0 radical (unpaired) electrons. The van der Waals surface area contributed by atoms with E-state index in [4.69, 9.17) is 27.4 Å². The van der Waals surface area contributed by atoms with Crippen molar-refractivity contribution in [2.45, 2.75) is 195 Å². The van der Waals surface area contributed by atoms with E-state index in [1.54, 1.807) is 0 Å². The fraction of sp³-hybridized carbons (Fsp3) is 0.783. The molecule has 0 saturated carbocycles. The van der Waals surface area contributed by atoms with Gasteiger partial charge >= 0.3 is 19.8 Å². The quantitative estimate of drug-likeness (QED) is 0.0399. The maximum absolute atomic E-state index is 12.8. The number of phosphoric ester groups is 1. The molecule has 2 rings (SSSR count). The third kappa shape index (κ3) is 23.4. The van der Waals surface area contributed by atoms with Gasteiger partial charge in [0.2, 0.25) is 0 Å². The van der Waals surface area contributed by atoms with E-state index in [0.717, 1.165) is 113 Å². The fourth-order valence-corrected chi connectivity index (χ4v) is 7.68. The lowest BCUT2D eigenvalue weighted by Crippen LogP contribution is -2.29. The van der Waals surface area contributed by atoms with Crippen molar-refractivity contribution in [1.82, 2.24) is 4.90 Å². The van der Waals surface area contributed by atoms with Gasteiger partial charge in [-0.25, -0.2) is 4.57 Å². The highest BCUT2D eigenvalue weighted by Crippen LogP contribution is 2.43. The zero-order chi connectivity index (χ0) is 42.6. The maximum atomic E-state index is 12.8. The first-order valence-electron chi connectivity index (χ1n) is 22.6. The van der Waals surface area contributed by atoms with E-state index in [9.17, 15) is 19.0 Å². The number of ether oxygens (including phenoxy) is 2. The van der Waals surface area contributed by atoms with Gasteiger partial charge in [0.1, 0.15) is 29.6 Å². The molecule has 12 heteroatoms. The molecule has 2 aromatic rings. The van der Waals surface area contributed by atoms with Gasteiger partial charge in [-0.15, -0.1) is 0 Å². The monoisotopic (exact) mass is 838 g/mol. The van der Waals surface area contributed by atoms with Crippen LogP contribution in [0.15, 0.2) is 14.9 Å². The fourth-order valence-electron chi connectivity index (χ4n) is 6.94. The molecule has 58 heavy (non-hydrogen) atoms. The first-order chi connectivity index (χ1) is 27.8. The number of unbranched alkanes of at least 4 members (excludes halogenated alkanes) is 14. The molecule has 334 valence electrons. The van der Waals surface area contributed by atoms with Crippen LogP contribution >= 0.6 is 7.82 Å². The summed E-state index contributed by atoms with van der Waals surface area (Å²) in [4.78, 5) is 37.3. The molecule has 0 saturated heterocycles. The van der Waals surface area contributed by atoms with Gasteiger partial charge in [-0.05, 0) is 96.1 Å². The number of nitrogens with zero attached hydrogens (tertiary/aromatic N) is 1. The van der Waals surface area contributed by atoms with Gasteiger partial charge in [0.15, 0.2) is 6.10 Å². The molecular formula is C46H80NO10P. The Labute approximate surface area is 351 Å². The Morgan fingerprint density at radius 1 is 0.655 bits per heavy atom. The number of furan rings is 2. The normalized spacial score (nSPS) is 13.3. The van der Waals surface area contributed by atoms with Crippen molar-refractivity contribution in [3.05, 3.63) is 45.8 Å². The van der Waals surface area contributed by atoms with Crippen molar-refractivity contribution >= 4 is 19.8 Å². The second kappa shape index (κ2) is 30.6. The second-order valence-electron chi connectivity index (χ2n) is 16.4. The first kappa shape index (κ1) is 51.7. The molecule has 2 aromatic heterocycles. The van der Waals surface area contributed by atoms with E-state index >= 15 is 0 Å². The van der Waals surface area contributed by atoms with Gasteiger partial charge in [-0.3, -0.25) is 18.6 Å². The molecule has 2 atom stereocenters. The molecule has 0 aliphatic rings. The van der Waals surface area contributed by atoms with Crippen LogP contribution in [-0.2, 0) is 58.4 Å². The Hall–Kier alpha value is -2.43. The highest BCUT2D eigenvalue weighted by Gasteiger charge is 2.26. The minimum atomic E-state index is -4.39. The summed E-state index contributed by atoms with van der Waals surface area (Å²) >= 11 is 0. The lowest BCUT2D eigenvalue weighted by Gasteiger charge is -2.20. The van der Waals surface area contributed by atoms with E-state index in [1.165, 1.54) is 55.2 Å². The van der Waals surface area contributed by atoms with Crippen LogP contribution in [0.25, 0.3) is 0 Å². The van der Waals surface area contributed by atoms with E-state index in [-0.39, 0.29) is 26.1 Å². The lowest BCUT2D eigenvalue weighted by molar-refractivity contribution is -0.161. The Morgan fingerprint density at radius 3 is 1.72 bits per heavy atom. The largest absolute Gasteiger partial charge is 0.472 e. The van der Waals surface area contributed by atoms with Gasteiger partial charge in [-0.2, -0.15) is 0 Å². The number of likely N-dealkylation sites (N-methyl/N-ethyl adjacent to an activating group) is 1. The summed E-state index contributed by atoms with van der Waals surface area (Å²) in [6.07, 6.45) is 22.4. The molecule has 0 bridgehead atoms. The molecule has 0 aliphatic heterocycles. The molecule has 0 aliphatic carbocycles. The average Bonchev–Trinajstić information content (AvgIpc) is 3.67. The van der Waals surface area contributed by atoms with Crippen molar-refractivity contribution in [2.75, 3.05) is 40.5 Å². The Morgan fingerprint density at radius 2 is 1.16 bits per heavy atom. The van der Waals surface area contributed by atoms with Crippen LogP contribution in [0.5, 0.6) is 0 Å². The van der Waals surface area contributed by atoms with Crippen LogP contribution in [0.1, 0.15) is 182 Å². The van der Waals surface area contributed by atoms with Gasteiger partial charge in [0, 0.05) is 45.1 Å². The molecule has 0 fully saturated rings. The molecule has 0 aromatic carbocycles. The van der Waals surface area contributed by atoms with Gasteiger partial charge in [0.25, 0.3) is 0 Å².